The summed E-state index contributed by atoms with van der Waals surface area (Å²) in [6, 6.07) is 1.23. The molecule has 0 aromatic heterocycles. The zero-order valence-electron chi connectivity index (χ0n) is 12.2. The number of hydrogen-bond acceptors (Lipinski definition) is 4. The third kappa shape index (κ3) is 3.49. The Kier molecular flexibility index (Phi) is 5.11. The van der Waals surface area contributed by atoms with E-state index in [9.17, 15) is 4.79 Å². The lowest BCUT2D eigenvalue weighted by atomic mass is 9.90. The van der Waals surface area contributed by atoms with Crippen LogP contribution in [0.15, 0.2) is 10.5 Å². The van der Waals surface area contributed by atoms with Crippen LogP contribution in [0.1, 0.15) is 49.8 Å². The van der Waals surface area contributed by atoms with E-state index in [4.69, 9.17) is 20.3 Å². The number of carboxylic acids is 1. The van der Waals surface area contributed by atoms with E-state index in [2.05, 4.69) is 15.9 Å². The average Bonchev–Trinajstić information content (AvgIpc) is 2.60. The summed E-state index contributed by atoms with van der Waals surface area (Å²) in [5, 5.41) is 9.00. The van der Waals surface area contributed by atoms with Crippen LogP contribution in [0, 0.1) is 0 Å². The lowest BCUT2D eigenvalue weighted by molar-refractivity contribution is -0.137. The minimum absolute atomic E-state index is 0.127. The van der Waals surface area contributed by atoms with Gasteiger partial charge in [0.05, 0.1) is 19.6 Å². The number of carboxylic acid groups (broad SMARTS) is 1. The molecule has 0 saturated carbocycles. The first-order valence-electron chi connectivity index (χ1n) is 7.01. The van der Waals surface area contributed by atoms with Crippen molar-refractivity contribution in [2.45, 2.75) is 38.6 Å². The summed E-state index contributed by atoms with van der Waals surface area (Å²) in [6.07, 6.45) is 0.693. The second-order valence-electron chi connectivity index (χ2n) is 5.42. The average molecular weight is 358 g/mol. The van der Waals surface area contributed by atoms with Crippen LogP contribution in [0.2, 0.25) is 0 Å². The minimum atomic E-state index is -0.920. The van der Waals surface area contributed by atoms with Gasteiger partial charge in [-0.3, -0.25) is 4.79 Å². The molecular formula is C15H20BrNO4. The highest BCUT2D eigenvalue weighted by molar-refractivity contribution is 9.10. The number of aliphatic carboxylic acids is 1. The highest BCUT2D eigenvalue weighted by atomic mass is 79.9. The molecular weight excluding hydrogens is 338 g/mol. The Hall–Kier alpha value is -1.27. The fourth-order valence-electron chi connectivity index (χ4n) is 2.55. The second kappa shape index (κ2) is 6.66. The van der Waals surface area contributed by atoms with Gasteiger partial charge in [0.15, 0.2) is 11.5 Å². The molecule has 1 aliphatic rings. The summed E-state index contributed by atoms with van der Waals surface area (Å²) in [6.45, 7) is 5.26. The van der Waals surface area contributed by atoms with E-state index in [1.165, 1.54) is 0 Å². The largest absolute Gasteiger partial charge is 0.490 e. The first kappa shape index (κ1) is 16.1. The Labute approximate surface area is 132 Å². The molecule has 0 amide bonds. The molecule has 0 spiro atoms. The number of carbonyl (C=O) groups is 1. The van der Waals surface area contributed by atoms with Gasteiger partial charge in [-0.1, -0.05) is 29.8 Å². The molecule has 0 radical (unpaired) electrons. The van der Waals surface area contributed by atoms with Gasteiger partial charge in [0.1, 0.15) is 0 Å². The zero-order chi connectivity index (χ0) is 15.6. The SMILES string of the molecule is CC(C)c1c2c(cc(Br)c1C(N)CC(=O)O)OCCCO2. The van der Waals surface area contributed by atoms with Crippen LogP contribution in [-0.4, -0.2) is 24.3 Å². The molecule has 1 aromatic carbocycles. The van der Waals surface area contributed by atoms with Gasteiger partial charge in [-0.25, -0.2) is 0 Å². The summed E-state index contributed by atoms with van der Waals surface area (Å²) in [7, 11) is 0. The highest BCUT2D eigenvalue weighted by Crippen LogP contribution is 2.45. The van der Waals surface area contributed by atoms with Gasteiger partial charge in [-0.15, -0.1) is 0 Å². The number of benzene rings is 1. The Balaban J connectivity index is 2.58. The van der Waals surface area contributed by atoms with E-state index in [0.29, 0.717) is 24.7 Å². The maximum Gasteiger partial charge on any atom is 0.305 e. The van der Waals surface area contributed by atoms with Crippen LogP contribution in [0.3, 0.4) is 0 Å². The number of halogens is 1. The van der Waals surface area contributed by atoms with Crippen LogP contribution in [0.4, 0.5) is 0 Å². The molecule has 0 aliphatic carbocycles. The molecule has 2 rings (SSSR count). The van der Waals surface area contributed by atoms with Gasteiger partial charge >= 0.3 is 5.97 Å². The Morgan fingerprint density at radius 1 is 1.38 bits per heavy atom. The van der Waals surface area contributed by atoms with Crippen LogP contribution in [-0.2, 0) is 4.79 Å². The van der Waals surface area contributed by atoms with Gasteiger partial charge in [0, 0.05) is 22.5 Å². The number of ether oxygens (including phenoxy) is 2. The predicted octanol–water partition coefficient (Wildman–Crippen LogP) is 3.21. The van der Waals surface area contributed by atoms with Gasteiger partial charge < -0.3 is 20.3 Å². The maximum absolute atomic E-state index is 11.0. The second-order valence-corrected chi connectivity index (χ2v) is 6.28. The fraction of sp³-hybridized carbons (Fsp3) is 0.533. The third-order valence-electron chi connectivity index (χ3n) is 3.41. The smallest absolute Gasteiger partial charge is 0.305 e. The molecule has 3 N–H and O–H groups in total. The summed E-state index contributed by atoms with van der Waals surface area (Å²) < 4.78 is 12.3. The van der Waals surface area contributed by atoms with Crippen molar-refractivity contribution in [2.75, 3.05) is 13.2 Å². The molecule has 0 fully saturated rings. The predicted molar refractivity (Wildman–Crippen MR) is 83.0 cm³/mol. The van der Waals surface area contributed by atoms with Gasteiger partial charge in [0.2, 0.25) is 0 Å². The van der Waals surface area contributed by atoms with Crippen molar-refractivity contribution in [3.63, 3.8) is 0 Å². The van der Waals surface area contributed by atoms with Gasteiger partial charge in [-0.2, -0.15) is 0 Å². The van der Waals surface area contributed by atoms with E-state index in [0.717, 1.165) is 22.0 Å². The van der Waals surface area contributed by atoms with Crippen molar-refractivity contribution < 1.29 is 19.4 Å². The standard InChI is InChI=1S/C15H20BrNO4/c1-8(2)13-14(10(17)7-12(18)19)9(16)6-11-15(13)21-5-3-4-20-11/h6,8,10H,3-5,7,17H2,1-2H3,(H,18,19). The first-order chi connectivity index (χ1) is 9.91. The molecule has 1 unspecified atom stereocenters. The van der Waals surface area contributed by atoms with Gasteiger partial charge in [-0.05, 0) is 17.5 Å². The van der Waals surface area contributed by atoms with Crippen LogP contribution < -0.4 is 15.2 Å². The molecule has 1 aliphatic heterocycles. The zero-order valence-corrected chi connectivity index (χ0v) is 13.8. The lowest BCUT2D eigenvalue weighted by Crippen LogP contribution is -2.18. The Morgan fingerprint density at radius 2 is 2.05 bits per heavy atom. The van der Waals surface area contributed by atoms with Crippen molar-refractivity contribution in [1.82, 2.24) is 0 Å². The summed E-state index contributed by atoms with van der Waals surface area (Å²) >= 11 is 3.50. The van der Waals surface area contributed by atoms with Crippen molar-refractivity contribution in [3.05, 3.63) is 21.7 Å². The lowest BCUT2D eigenvalue weighted by Gasteiger charge is -2.24. The van der Waals surface area contributed by atoms with Crippen LogP contribution in [0.5, 0.6) is 11.5 Å². The maximum atomic E-state index is 11.0. The fourth-order valence-corrected chi connectivity index (χ4v) is 3.27. The topological polar surface area (TPSA) is 81.8 Å². The molecule has 5 nitrogen and oxygen atoms in total. The Morgan fingerprint density at radius 3 is 2.67 bits per heavy atom. The van der Waals surface area contributed by atoms with E-state index >= 15 is 0 Å². The monoisotopic (exact) mass is 357 g/mol. The summed E-state index contributed by atoms with van der Waals surface area (Å²) in [4.78, 5) is 11.0. The van der Waals surface area contributed by atoms with E-state index in [-0.39, 0.29) is 12.3 Å². The molecule has 116 valence electrons. The number of hydrogen-bond donors (Lipinski definition) is 2. The van der Waals surface area contributed by atoms with Crippen molar-refractivity contribution >= 4 is 21.9 Å². The Bertz CT molecular complexity index is 545. The molecule has 1 heterocycles. The van der Waals surface area contributed by atoms with Crippen molar-refractivity contribution in [1.29, 1.82) is 0 Å². The van der Waals surface area contributed by atoms with Crippen LogP contribution in [0.25, 0.3) is 0 Å². The first-order valence-corrected chi connectivity index (χ1v) is 7.80. The summed E-state index contributed by atoms with van der Waals surface area (Å²) in [5.41, 5.74) is 7.81. The molecule has 0 saturated heterocycles. The number of rotatable bonds is 4. The number of nitrogens with two attached hydrogens (primary N) is 1. The molecule has 1 atom stereocenters. The third-order valence-corrected chi connectivity index (χ3v) is 4.07. The van der Waals surface area contributed by atoms with E-state index in [1.54, 1.807) is 0 Å². The van der Waals surface area contributed by atoms with Crippen molar-refractivity contribution in [3.8, 4) is 11.5 Å². The summed E-state index contributed by atoms with van der Waals surface area (Å²) in [5.74, 6) is 0.611. The molecule has 0 bridgehead atoms. The molecule has 6 heteroatoms. The van der Waals surface area contributed by atoms with E-state index in [1.807, 2.05) is 19.9 Å². The van der Waals surface area contributed by atoms with E-state index < -0.39 is 12.0 Å². The van der Waals surface area contributed by atoms with Crippen molar-refractivity contribution in [2.24, 2.45) is 5.73 Å². The normalized spacial score (nSPS) is 15.7. The van der Waals surface area contributed by atoms with Gasteiger partial charge in [0.25, 0.3) is 0 Å². The number of fused-ring (bicyclic) bond motifs is 1. The molecule has 21 heavy (non-hydrogen) atoms. The highest BCUT2D eigenvalue weighted by Gasteiger charge is 2.27. The minimum Gasteiger partial charge on any atom is -0.490 e. The van der Waals surface area contributed by atoms with Crippen LogP contribution >= 0.6 is 15.9 Å². The molecule has 1 aromatic rings. The quantitative estimate of drug-likeness (QED) is 0.864.